The zero-order valence-electron chi connectivity index (χ0n) is 14.7. The van der Waals surface area contributed by atoms with Crippen molar-refractivity contribution in [1.82, 2.24) is 4.98 Å². The fourth-order valence-corrected chi connectivity index (χ4v) is 3.50. The molecule has 25 heavy (non-hydrogen) atoms. The van der Waals surface area contributed by atoms with Crippen LogP contribution in [0.2, 0.25) is 0 Å². The van der Waals surface area contributed by atoms with Gasteiger partial charge in [0.25, 0.3) is 0 Å². The fourth-order valence-electron chi connectivity index (χ4n) is 2.25. The summed E-state index contributed by atoms with van der Waals surface area (Å²) in [6.45, 7) is 2.70. The molecule has 7 heteroatoms. The normalized spacial score (nSPS) is 11.1. The van der Waals surface area contributed by atoms with Gasteiger partial charge in [-0.3, -0.25) is 4.72 Å². The minimum Gasteiger partial charge on any atom is -0.497 e. The highest BCUT2D eigenvalue weighted by molar-refractivity contribution is 7.92. The van der Waals surface area contributed by atoms with E-state index in [-0.39, 0.29) is 5.75 Å². The van der Waals surface area contributed by atoms with Gasteiger partial charge >= 0.3 is 0 Å². The van der Waals surface area contributed by atoms with Gasteiger partial charge in [-0.15, -0.1) is 0 Å². The molecular formula is C18H25N3O3S. The van der Waals surface area contributed by atoms with Gasteiger partial charge in [-0.1, -0.05) is 25.5 Å². The SMILES string of the molecule is CCCCS(=O)(=O)Nc1ccc(NCCc2ccc(OC)cc2)nc1. The van der Waals surface area contributed by atoms with Crippen molar-refractivity contribution in [2.45, 2.75) is 26.2 Å². The smallest absolute Gasteiger partial charge is 0.232 e. The molecule has 0 aliphatic rings. The molecule has 0 aliphatic carbocycles. The van der Waals surface area contributed by atoms with Gasteiger partial charge in [0.15, 0.2) is 0 Å². The summed E-state index contributed by atoms with van der Waals surface area (Å²) < 4.78 is 31.4. The lowest BCUT2D eigenvalue weighted by atomic mass is 10.1. The van der Waals surface area contributed by atoms with Crippen LogP contribution < -0.4 is 14.8 Å². The van der Waals surface area contributed by atoms with Gasteiger partial charge in [0, 0.05) is 6.54 Å². The minimum absolute atomic E-state index is 0.130. The third kappa shape index (κ3) is 6.62. The van der Waals surface area contributed by atoms with Crippen LogP contribution in [0, 0.1) is 0 Å². The van der Waals surface area contributed by atoms with E-state index in [2.05, 4.69) is 15.0 Å². The number of hydrogen-bond acceptors (Lipinski definition) is 5. The molecule has 1 aromatic carbocycles. The number of nitrogens with zero attached hydrogens (tertiary/aromatic N) is 1. The highest BCUT2D eigenvalue weighted by Crippen LogP contribution is 2.14. The summed E-state index contributed by atoms with van der Waals surface area (Å²) in [5.74, 6) is 1.69. The maximum Gasteiger partial charge on any atom is 0.232 e. The number of pyridine rings is 1. The molecule has 0 amide bonds. The van der Waals surface area contributed by atoms with E-state index in [1.54, 1.807) is 19.2 Å². The second kappa shape index (κ2) is 9.27. The molecule has 0 spiro atoms. The third-order valence-electron chi connectivity index (χ3n) is 3.68. The monoisotopic (exact) mass is 363 g/mol. The first-order chi connectivity index (χ1) is 12.0. The summed E-state index contributed by atoms with van der Waals surface area (Å²) in [7, 11) is -1.64. The lowest BCUT2D eigenvalue weighted by molar-refractivity contribution is 0.414. The average molecular weight is 363 g/mol. The van der Waals surface area contributed by atoms with Crippen molar-refractivity contribution in [2.24, 2.45) is 0 Å². The van der Waals surface area contributed by atoms with E-state index in [4.69, 9.17) is 4.74 Å². The molecular weight excluding hydrogens is 338 g/mol. The Labute approximate surface area is 149 Å². The molecule has 1 aromatic heterocycles. The van der Waals surface area contributed by atoms with Crippen LogP contribution in [0.5, 0.6) is 5.75 Å². The van der Waals surface area contributed by atoms with Crippen molar-refractivity contribution in [3.63, 3.8) is 0 Å². The van der Waals surface area contributed by atoms with Crippen LogP contribution in [0.25, 0.3) is 0 Å². The van der Waals surface area contributed by atoms with Gasteiger partial charge in [0.1, 0.15) is 11.6 Å². The molecule has 1 heterocycles. The van der Waals surface area contributed by atoms with Gasteiger partial charge in [0.2, 0.25) is 10.0 Å². The molecule has 2 N–H and O–H groups in total. The van der Waals surface area contributed by atoms with E-state index in [1.807, 2.05) is 31.2 Å². The molecule has 0 atom stereocenters. The molecule has 0 bridgehead atoms. The Morgan fingerprint density at radius 3 is 2.48 bits per heavy atom. The molecule has 0 saturated heterocycles. The molecule has 0 saturated carbocycles. The van der Waals surface area contributed by atoms with Crippen LogP contribution in [0.4, 0.5) is 11.5 Å². The summed E-state index contributed by atoms with van der Waals surface area (Å²) in [5.41, 5.74) is 1.69. The molecule has 2 aromatic rings. The Morgan fingerprint density at radius 1 is 1.12 bits per heavy atom. The zero-order valence-corrected chi connectivity index (χ0v) is 15.5. The summed E-state index contributed by atoms with van der Waals surface area (Å²) in [6.07, 6.45) is 3.88. The predicted molar refractivity (Wildman–Crippen MR) is 102 cm³/mol. The van der Waals surface area contributed by atoms with Gasteiger partial charge in [0.05, 0.1) is 24.7 Å². The largest absolute Gasteiger partial charge is 0.497 e. The summed E-state index contributed by atoms with van der Waals surface area (Å²) in [4.78, 5) is 4.24. The Bertz CT molecular complexity index is 744. The van der Waals surface area contributed by atoms with E-state index in [1.165, 1.54) is 11.8 Å². The maximum atomic E-state index is 11.9. The molecule has 0 unspecified atom stereocenters. The van der Waals surface area contributed by atoms with Crippen LogP contribution in [0.3, 0.4) is 0 Å². The van der Waals surface area contributed by atoms with E-state index >= 15 is 0 Å². The minimum atomic E-state index is -3.29. The van der Waals surface area contributed by atoms with Gasteiger partial charge < -0.3 is 10.1 Å². The Morgan fingerprint density at radius 2 is 1.88 bits per heavy atom. The first-order valence-electron chi connectivity index (χ1n) is 8.36. The Hall–Kier alpha value is -2.28. The predicted octanol–water partition coefficient (Wildman–Crippen LogP) is 3.29. The molecule has 0 aliphatic heterocycles. The molecule has 2 rings (SSSR count). The number of aromatic nitrogens is 1. The highest BCUT2D eigenvalue weighted by Gasteiger charge is 2.09. The lowest BCUT2D eigenvalue weighted by Crippen LogP contribution is -2.16. The third-order valence-corrected chi connectivity index (χ3v) is 5.06. The van der Waals surface area contributed by atoms with Crippen LogP contribution >= 0.6 is 0 Å². The van der Waals surface area contributed by atoms with Crippen LogP contribution in [-0.4, -0.2) is 32.8 Å². The zero-order chi connectivity index (χ0) is 18.1. The number of rotatable bonds is 10. The van der Waals surface area contributed by atoms with Crippen LogP contribution in [0.15, 0.2) is 42.6 Å². The quantitative estimate of drug-likeness (QED) is 0.677. The standard InChI is InChI=1S/C18H25N3O3S/c1-3-4-13-25(22,23)21-16-7-10-18(20-14-16)19-12-11-15-5-8-17(24-2)9-6-15/h5-10,14,21H,3-4,11-13H2,1-2H3,(H,19,20). The molecule has 136 valence electrons. The lowest BCUT2D eigenvalue weighted by Gasteiger charge is -2.09. The van der Waals surface area contributed by atoms with E-state index in [9.17, 15) is 8.42 Å². The van der Waals surface area contributed by atoms with Crippen molar-refractivity contribution >= 4 is 21.5 Å². The number of sulfonamides is 1. The van der Waals surface area contributed by atoms with Crippen molar-refractivity contribution in [1.29, 1.82) is 0 Å². The molecule has 6 nitrogen and oxygen atoms in total. The van der Waals surface area contributed by atoms with Crippen molar-refractivity contribution < 1.29 is 13.2 Å². The van der Waals surface area contributed by atoms with Crippen molar-refractivity contribution in [3.05, 3.63) is 48.2 Å². The van der Waals surface area contributed by atoms with Gasteiger partial charge in [-0.2, -0.15) is 0 Å². The maximum absolute atomic E-state index is 11.9. The van der Waals surface area contributed by atoms with Gasteiger partial charge in [-0.05, 0) is 42.7 Å². The Kier molecular flexibility index (Phi) is 7.06. The number of hydrogen-bond donors (Lipinski definition) is 2. The number of unbranched alkanes of at least 4 members (excludes halogenated alkanes) is 1. The summed E-state index contributed by atoms with van der Waals surface area (Å²) in [6, 6.07) is 11.4. The fraction of sp³-hybridized carbons (Fsp3) is 0.389. The molecule has 0 radical (unpaired) electrons. The average Bonchev–Trinajstić information content (AvgIpc) is 2.62. The second-order valence-electron chi connectivity index (χ2n) is 5.73. The van der Waals surface area contributed by atoms with E-state index < -0.39 is 10.0 Å². The Balaban J connectivity index is 1.81. The number of nitrogens with one attached hydrogen (secondary N) is 2. The van der Waals surface area contributed by atoms with Crippen LogP contribution in [0.1, 0.15) is 25.3 Å². The van der Waals surface area contributed by atoms with Crippen LogP contribution in [-0.2, 0) is 16.4 Å². The number of anilines is 2. The molecule has 0 fully saturated rings. The van der Waals surface area contributed by atoms with E-state index in [0.29, 0.717) is 17.9 Å². The second-order valence-corrected chi connectivity index (χ2v) is 7.57. The highest BCUT2D eigenvalue weighted by atomic mass is 32.2. The first kappa shape index (κ1) is 19.1. The summed E-state index contributed by atoms with van der Waals surface area (Å²) >= 11 is 0. The van der Waals surface area contributed by atoms with Crippen molar-refractivity contribution in [2.75, 3.05) is 29.4 Å². The number of ether oxygens (including phenoxy) is 1. The number of methoxy groups -OCH3 is 1. The topological polar surface area (TPSA) is 80.3 Å². The van der Waals surface area contributed by atoms with E-state index in [0.717, 1.165) is 25.1 Å². The summed E-state index contributed by atoms with van der Waals surface area (Å²) in [5, 5.41) is 3.23. The van der Waals surface area contributed by atoms with Gasteiger partial charge in [-0.25, -0.2) is 13.4 Å². The number of benzene rings is 1. The van der Waals surface area contributed by atoms with Crippen molar-refractivity contribution in [3.8, 4) is 5.75 Å². The first-order valence-corrected chi connectivity index (χ1v) is 10.0.